The highest BCUT2D eigenvalue weighted by atomic mass is 33.1. The van der Waals surface area contributed by atoms with Gasteiger partial charge in [-0.2, -0.15) is 0 Å². The van der Waals surface area contributed by atoms with Crippen LogP contribution in [0.5, 0.6) is 0 Å². The second kappa shape index (κ2) is 31.2. The van der Waals surface area contributed by atoms with Crippen LogP contribution in [0, 0.1) is 11.8 Å². The van der Waals surface area contributed by atoms with Crippen molar-refractivity contribution in [2.45, 2.75) is 92.9 Å². The molecule has 0 bridgehead atoms. The van der Waals surface area contributed by atoms with Crippen molar-refractivity contribution in [2.24, 2.45) is 11.8 Å². The minimum Gasteiger partial charge on any atom is -0.449 e. The molecule has 0 aliphatic heterocycles. The molecular formula is C26H58N2O4S4. The Bertz CT molecular complexity index is 460. The molecule has 10 heteroatoms. The zero-order valence-electron chi connectivity index (χ0n) is 23.7. The first kappa shape index (κ1) is 38.1. The SMILES string of the molecule is CCCCC(CC)CSSCCOC(=O)NCC.CCCC[C@@H](CC)CSSCCOC(=O)NCC.[HH].[HH]. The summed E-state index contributed by atoms with van der Waals surface area (Å²) in [7, 11) is 7.42. The van der Waals surface area contributed by atoms with Crippen molar-refractivity contribution in [3.05, 3.63) is 0 Å². The number of amides is 2. The monoisotopic (exact) mass is 590 g/mol. The molecule has 0 fully saturated rings. The summed E-state index contributed by atoms with van der Waals surface area (Å²) >= 11 is 0. The van der Waals surface area contributed by atoms with Gasteiger partial charge in [0.05, 0.1) is 0 Å². The van der Waals surface area contributed by atoms with Crippen molar-refractivity contribution in [1.82, 2.24) is 10.6 Å². The number of unbranched alkanes of at least 4 members (excludes halogenated alkanes) is 2. The molecule has 0 aromatic heterocycles. The number of carbonyl (C=O) groups excluding carboxylic acids is 2. The van der Waals surface area contributed by atoms with Gasteiger partial charge in [0.15, 0.2) is 0 Å². The lowest BCUT2D eigenvalue weighted by molar-refractivity contribution is 0.153. The summed E-state index contributed by atoms with van der Waals surface area (Å²) in [6, 6.07) is 0. The van der Waals surface area contributed by atoms with Crippen molar-refractivity contribution >= 4 is 55.4 Å². The van der Waals surface area contributed by atoms with Gasteiger partial charge in [0.25, 0.3) is 0 Å². The number of alkyl carbamates (subject to hydrolysis) is 2. The van der Waals surface area contributed by atoms with Crippen LogP contribution in [0.3, 0.4) is 0 Å². The van der Waals surface area contributed by atoms with E-state index < -0.39 is 0 Å². The highest BCUT2D eigenvalue weighted by Crippen LogP contribution is 2.28. The van der Waals surface area contributed by atoms with Gasteiger partial charge in [0.2, 0.25) is 0 Å². The van der Waals surface area contributed by atoms with Gasteiger partial charge in [-0.25, -0.2) is 9.59 Å². The molecule has 0 radical (unpaired) electrons. The van der Waals surface area contributed by atoms with E-state index in [1.54, 1.807) is 21.6 Å². The van der Waals surface area contributed by atoms with Crippen LogP contribution in [-0.4, -0.2) is 61.5 Å². The van der Waals surface area contributed by atoms with Crippen molar-refractivity contribution in [1.29, 1.82) is 0 Å². The van der Waals surface area contributed by atoms with Crippen molar-refractivity contribution < 1.29 is 21.9 Å². The van der Waals surface area contributed by atoms with E-state index >= 15 is 0 Å². The molecule has 2 N–H and O–H groups in total. The molecule has 0 saturated heterocycles. The molecule has 2 amide bonds. The van der Waals surface area contributed by atoms with Gasteiger partial charge < -0.3 is 20.1 Å². The van der Waals surface area contributed by atoms with Crippen molar-refractivity contribution in [3.63, 3.8) is 0 Å². The van der Waals surface area contributed by atoms with Crippen LogP contribution in [-0.2, 0) is 9.47 Å². The summed E-state index contributed by atoms with van der Waals surface area (Å²) in [5.74, 6) is 5.83. The molecule has 0 aliphatic rings. The zero-order chi connectivity index (χ0) is 27.3. The normalized spacial score (nSPS) is 12.2. The third kappa shape index (κ3) is 28.5. The Morgan fingerprint density at radius 3 is 1.36 bits per heavy atom. The first-order valence-corrected chi connectivity index (χ1v) is 18.8. The molecule has 1 unspecified atom stereocenters. The first-order valence-electron chi connectivity index (χ1n) is 13.8. The molecule has 0 rings (SSSR count). The summed E-state index contributed by atoms with van der Waals surface area (Å²) < 4.78 is 9.99. The largest absolute Gasteiger partial charge is 0.449 e. The fourth-order valence-corrected chi connectivity index (χ4v) is 7.70. The van der Waals surface area contributed by atoms with Crippen LogP contribution in [0.1, 0.15) is 95.8 Å². The average Bonchev–Trinajstić information content (AvgIpc) is 2.87. The molecule has 220 valence electrons. The van der Waals surface area contributed by atoms with Gasteiger partial charge in [-0.05, 0) is 38.5 Å². The standard InChI is InChI=1S/2C13H27NO2S2.2H2/c2*1-4-7-8-12(5-2)11-18-17-10-9-16-13(15)14-6-3;;/h2*12H,4-11H2,1-3H3,(H,14,15);2*1H/t12-;;;/m1.../s1. The van der Waals surface area contributed by atoms with Crippen LogP contribution in [0.15, 0.2) is 0 Å². The second-order valence-corrected chi connectivity index (χ2v) is 13.6. The highest BCUT2D eigenvalue weighted by Gasteiger charge is 2.07. The lowest BCUT2D eigenvalue weighted by Gasteiger charge is -2.13. The van der Waals surface area contributed by atoms with Crippen LogP contribution in [0.4, 0.5) is 9.59 Å². The maximum atomic E-state index is 11.0. The molecule has 0 saturated carbocycles. The van der Waals surface area contributed by atoms with Crippen LogP contribution < -0.4 is 10.6 Å². The Kier molecular flexibility index (Phi) is 33.0. The molecule has 0 spiro atoms. The number of hydrogen-bond donors (Lipinski definition) is 2. The van der Waals surface area contributed by atoms with E-state index in [1.165, 1.54) is 62.9 Å². The smallest absolute Gasteiger partial charge is 0.407 e. The Morgan fingerprint density at radius 2 is 1.06 bits per heavy atom. The maximum absolute atomic E-state index is 11.0. The summed E-state index contributed by atoms with van der Waals surface area (Å²) in [5, 5.41) is 5.22. The van der Waals surface area contributed by atoms with Crippen LogP contribution in [0.2, 0.25) is 0 Å². The van der Waals surface area contributed by atoms with E-state index in [1.807, 2.05) is 35.4 Å². The third-order valence-corrected chi connectivity index (χ3v) is 10.3. The van der Waals surface area contributed by atoms with Crippen molar-refractivity contribution in [2.75, 3.05) is 49.3 Å². The molecule has 36 heavy (non-hydrogen) atoms. The topological polar surface area (TPSA) is 76.7 Å². The maximum Gasteiger partial charge on any atom is 0.407 e. The van der Waals surface area contributed by atoms with Gasteiger partial charge in [0.1, 0.15) is 13.2 Å². The predicted octanol–water partition coefficient (Wildman–Crippen LogP) is 9.15. The van der Waals surface area contributed by atoms with E-state index in [-0.39, 0.29) is 15.0 Å². The fraction of sp³-hybridized carbons (Fsp3) is 0.923. The molecule has 0 heterocycles. The van der Waals surface area contributed by atoms with Gasteiger partial charge in [-0.3, -0.25) is 0 Å². The Balaban J connectivity index is -0.000000289. The first-order chi connectivity index (χ1) is 17.5. The van der Waals surface area contributed by atoms with Gasteiger partial charge in [0, 0.05) is 39.0 Å². The number of rotatable bonds is 22. The van der Waals surface area contributed by atoms with Crippen LogP contribution >= 0.6 is 43.2 Å². The van der Waals surface area contributed by atoms with E-state index in [9.17, 15) is 9.59 Å². The van der Waals surface area contributed by atoms with Gasteiger partial charge >= 0.3 is 12.2 Å². The molecule has 2 atom stereocenters. The quantitative estimate of drug-likeness (QED) is 0.0954. The molecule has 6 nitrogen and oxygen atoms in total. The van der Waals surface area contributed by atoms with Gasteiger partial charge in [-0.1, -0.05) is 109 Å². The Hall–Kier alpha value is -0.0600. The average molecular weight is 591 g/mol. The number of hydrogen-bond acceptors (Lipinski definition) is 8. The minimum absolute atomic E-state index is 0. The number of carbonyl (C=O) groups is 2. The number of nitrogens with one attached hydrogen (secondary N) is 2. The minimum atomic E-state index is -0.308. The highest BCUT2D eigenvalue weighted by molar-refractivity contribution is 8.77. The molecule has 0 aromatic carbocycles. The van der Waals surface area contributed by atoms with E-state index in [0.29, 0.717) is 26.3 Å². The number of ether oxygens (including phenoxy) is 2. The van der Waals surface area contributed by atoms with E-state index in [0.717, 1.165) is 23.3 Å². The summed E-state index contributed by atoms with van der Waals surface area (Å²) in [5.41, 5.74) is 0. The van der Waals surface area contributed by atoms with Crippen molar-refractivity contribution in [3.8, 4) is 0 Å². The Labute approximate surface area is 241 Å². The summed E-state index contributed by atoms with van der Waals surface area (Å²) in [4.78, 5) is 22.0. The lowest BCUT2D eigenvalue weighted by atomic mass is 10.0. The second-order valence-electron chi connectivity index (χ2n) is 8.38. The Morgan fingerprint density at radius 1 is 0.667 bits per heavy atom. The summed E-state index contributed by atoms with van der Waals surface area (Å²) in [6.07, 6.45) is 9.85. The lowest BCUT2D eigenvalue weighted by Crippen LogP contribution is -2.24. The molecule has 0 aromatic rings. The van der Waals surface area contributed by atoms with Crippen LogP contribution in [0.25, 0.3) is 0 Å². The zero-order valence-corrected chi connectivity index (χ0v) is 27.0. The van der Waals surface area contributed by atoms with E-state index in [4.69, 9.17) is 9.47 Å². The predicted molar refractivity (Wildman–Crippen MR) is 171 cm³/mol. The summed E-state index contributed by atoms with van der Waals surface area (Å²) in [6.45, 7) is 15.0. The van der Waals surface area contributed by atoms with E-state index in [2.05, 4.69) is 38.3 Å². The molecule has 0 aliphatic carbocycles. The molecular weight excluding hydrogens is 533 g/mol. The third-order valence-electron chi connectivity index (χ3n) is 5.30. The van der Waals surface area contributed by atoms with Gasteiger partial charge in [-0.15, -0.1) is 0 Å². The fourth-order valence-electron chi connectivity index (χ4n) is 2.93.